The topological polar surface area (TPSA) is 12.0 Å². The normalized spacial score (nSPS) is 17.4. The largest absolute Gasteiger partial charge is 0.313 e. The molecule has 1 aromatic rings. The molecule has 20 heavy (non-hydrogen) atoms. The van der Waals surface area contributed by atoms with Crippen molar-refractivity contribution in [3.05, 3.63) is 40.7 Å². The van der Waals surface area contributed by atoms with E-state index in [1.165, 1.54) is 37.7 Å². The lowest BCUT2D eigenvalue weighted by Crippen LogP contribution is -2.22. The summed E-state index contributed by atoms with van der Waals surface area (Å²) in [6.07, 6.45) is 8.56. The maximum absolute atomic E-state index is 14.0. The van der Waals surface area contributed by atoms with Gasteiger partial charge in [0.1, 0.15) is 5.82 Å². The van der Waals surface area contributed by atoms with Crippen LogP contribution < -0.4 is 5.32 Å². The van der Waals surface area contributed by atoms with E-state index in [4.69, 9.17) is 0 Å². The molecule has 1 aliphatic carbocycles. The molecule has 0 aliphatic heterocycles. The van der Waals surface area contributed by atoms with Crippen LogP contribution in [0.15, 0.2) is 23.8 Å². The standard InChI is InChI=1S/C18H26FN/c1-3-20-13-17(15-7-5-4-6-8-15)12-16-11-14(2)9-10-18(16)19/h9-12,15,20H,3-8,13H2,1-2H3/b17-12-. The van der Waals surface area contributed by atoms with Gasteiger partial charge in [0.25, 0.3) is 0 Å². The van der Waals surface area contributed by atoms with Gasteiger partial charge in [0.15, 0.2) is 0 Å². The highest BCUT2D eigenvalue weighted by Crippen LogP contribution is 2.31. The van der Waals surface area contributed by atoms with E-state index in [1.807, 2.05) is 19.1 Å². The summed E-state index contributed by atoms with van der Waals surface area (Å²) in [6.45, 7) is 5.97. The number of nitrogens with one attached hydrogen (secondary N) is 1. The maximum Gasteiger partial charge on any atom is 0.130 e. The van der Waals surface area contributed by atoms with Gasteiger partial charge in [-0.1, -0.05) is 49.5 Å². The first-order valence-corrected chi connectivity index (χ1v) is 7.88. The SMILES string of the molecule is CCNC/C(=C/c1cc(C)ccc1F)C1CCCCC1. The number of benzene rings is 1. The number of likely N-dealkylation sites (N-methyl/N-ethyl adjacent to an activating group) is 1. The summed E-state index contributed by atoms with van der Waals surface area (Å²) < 4.78 is 14.0. The first kappa shape index (κ1) is 15.2. The molecule has 1 N–H and O–H groups in total. The van der Waals surface area contributed by atoms with Crippen molar-refractivity contribution in [2.45, 2.75) is 46.0 Å². The Hall–Kier alpha value is -1.15. The van der Waals surface area contributed by atoms with Gasteiger partial charge in [0, 0.05) is 12.1 Å². The van der Waals surface area contributed by atoms with Crippen LogP contribution in [0.4, 0.5) is 4.39 Å². The van der Waals surface area contributed by atoms with Crippen LogP contribution in [0.2, 0.25) is 0 Å². The lowest BCUT2D eigenvalue weighted by atomic mass is 9.83. The van der Waals surface area contributed by atoms with Gasteiger partial charge >= 0.3 is 0 Å². The Kier molecular flexibility index (Phi) is 5.78. The Morgan fingerprint density at radius 1 is 1.30 bits per heavy atom. The van der Waals surface area contributed by atoms with E-state index in [1.54, 1.807) is 6.07 Å². The zero-order valence-corrected chi connectivity index (χ0v) is 12.7. The van der Waals surface area contributed by atoms with E-state index < -0.39 is 0 Å². The first-order valence-electron chi connectivity index (χ1n) is 7.88. The van der Waals surface area contributed by atoms with Gasteiger partial charge in [-0.05, 0) is 44.4 Å². The van der Waals surface area contributed by atoms with Crippen molar-refractivity contribution in [2.75, 3.05) is 13.1 Å². The third kappa shape index (κ3) is 4.17. The highest BCUT2D eigenvalue weighted by Gasteiger charge is 2.18. The minimum Gasteiger partial charge on any atom is -0.313 e. The van der Waals surface area contributed by atoms with Crippen LogP contribution in [0.5, 0.6) is 0 Å². The molecule has 0 saturated heterocycles. The van der Waals surface area contributed by atoms with Crippen molar-refractivity contribution >= 4 is 6.08 Å². The monoisotopic (exact) mass is 275 g/mol. The first-order chi connectivity index (χ1) is 9.70. The second kappa shape index (κ2) is 7.58. The summed E-state index contributed by atoms with van der Waals surface area (Å²) in [5.74, 6) is 0.517. The fourth-order valence-corrected chi connectivity index (χ4v) is 3.03. The molecule has 1 fully saturated rings. The van der Waals surface area contributed by atoms with E-state index in [9.17, 15) is 4.39 Å². The zero-order chi connectivity index (χ0) is 14.4. The predicted octanol–water partition coefficient (Wildman–Crippen LogP) is 4.71. The minimum atomic E-state index is -0.111. The molecular formula is C18H26FN. The summed E-state index contributed by atoms with van der Waals surface area (Å²) in [7, 11) is 0. The quantitative estimate of drug-likeness (QED) is 0.820. The fraction of sp³-hybridized carbons (Fsp3) is 0.556. The summed E-state index contributed by atoms with van der Waals surface area (Å²) in [6, 6.07) is 5.36. The third-order valence-electron chi connectivity index (χ3n) is 4.20. The van der Waals surface area contributed by atoms with Crippen LogP contribution in [0.25, 0.3) is 6.08 Å². The van der Waals surface area contributed by atoms with Gasteiger partial charge in [0.05, 0.1) is 0 Å². The number of hydrogen-bond acceptors (Lipinski definition) is 1. The van der Waals surface area contributed by atoms with Crippen LogP contribution >= 0.6 is 0 Å². The summed E-state index contributed by atoms with van der Waals surface area (Å²) >= 11 is 0. The minimum absolute atomic E-state index is 0.111. The van der Waals surface area contributed by atoms with Crippen LogP contribution in [-0.4, -0.2) is 13.1 Å². The van der Waals surface area contributed by atoms with E-state index in [0.29, 0.717) is 5.92 Å². The summed E-state index contributed by atoms with van der Waals surface area (Å²) in [4.78, 5) is 0. The smallest absolute Gasteiger partial charge is 0.130 e. The van der Waals surface area contributed by atoms with Gasteiger partial charge < -0.3 is 5.32 Å². The number of aryl methyl sites for hydroxylation is 1. The van der Waals surface area contributed by atoms with E-state index in [0.717, 1.165) is 24.2 Å². The van der Waals surface area contributed by atoms with Crippen LogP contribution in [0.1, 0.15) is 50.2 Å². The number of halogens is 1. The van der Waals surface area contributed by atoms with Crippen LogP contribution in [0.3, 0.4) is 0 Å². The van der Waals surface area contributed by atoms with Crippen molar-refractivity contribution in [2.24, 2.45) is 5.92 Å². The second-order valence-corrected chi connectivity index (χ2v) is 5.86. The van der Waals surface area contributed by atoms with Crippen molar-refractivity contribution in [1.29, 1.82) is 0 Å². The Morgan fingerprint density at radius 2 is 2.05 bits per heavy atom. The van der Waals surface area contributed by atoms with Gasteiger partial charge in [-0.25, -0.2) is 4.39 Å². The molecule has 0 unspecified atom stereocenters. The van der Waals surface area contributed by atoms with Crippen molar-refractivity contribution in [3.8, 4) is 0 Å². The van der Waals surface area contributed by atoms with Gasteiger partial charge in [0.2, 0.25) is 0 Å². The van der Waals surface area contributed by atoms with Crippen LogP contribution in [0, 0.1) is 18.7 Å². The highest BCUT2D eigenvalue weighted by atomic mass is 19.1. The van der Waals surface area contributed by atoms with Crippen molar-refractivity contribution in [1.82, 2.24) is 5.32 Å². The molecule has 0 heterocycles. The van der Waals surface area contributed by atoms with Crippen LogP contribution in [-0.2, 0) is 0 Å². The zero-order valence-electron chi connectivity index (χ0n) is 12.7. The Balaban J connectivity index is 2.23. The van der Waals surface area contributed by atoms with E-state index in [-0.39, 0.29) is 5.82 Å². The molecule has 0 amide bonds. The molecule has 0 atom stereocenters. The lowest BCUT2D eigenvalue weighted by molar-refractivity contribution is 0.397. The molecule has 1 nitrogen and oxygen atoms in total. The Bertz CT molecular complexity index is 458. The molecule has 2 rings (SSSR count). The molecule has 2 heteroatoms. The molecule has 0 aromatic heterocycles. The lowest BCUT2D eigenvalue weighted by Gasteiger charge is -2.25. The molecule has 0 spiro atoms. The molecule has 1 aromatic carbocycles. The fourth-order valence-electron chi connectivity index (χ4n) is 3.03. The Morgan fingerprint density at radius 3 is 2.75 bits per heavy atom. The number of hydrogen-bond donors (Lipinski definition) is 1. The van der Waals surface area contributed by atoms with Gasteiger partial charge in [-0.3, -0.25) is 0 Å². The Labute approximate surface area is 122 Å². The van der Waals surface area contributed by atoms with Crippen molar-refractivity contribution in [3.63, 3.8) is 0 Å². The molecule has 1 aliphatic rings. The van der Waals surface area contributed by atoms with Gasteiger partial charge in [-0.2, -0.15) is 0 Å². The van der Waals surface area contributed by atoms with Gasteiger partial charge in [-0.15, -0.1) is 0 Å². The molecular weight excluding hydrogens is 249 g/mol. The second-order valence-electron chi connectivity index (χ2n) is 5.86. The highest BCUT2D eigenvalue weighted by molar-refractivity contribution is 5.55. The van der Waals surface area contributed by atoms with E-state index in [2.05, 4.69) is 18.3 Å². The van der Waals surface area contributed by atoms with Crippen molar-refractivity contribution < 1.29 is 4.39 Å². The average molecular weight is 275 g/mol. The molecule has 110 valence electrons. The number of rotatable bonds is 5. The summed E-state index contributed by atoms with van der Waals surface area (Å²) in [5.41, 5.74) is 3.23. The molecule has 0 bridgehead atoms. The molecule has 1 saturated carbocycles. The predicted molar refractivity (Wildman–Crippen MR) is 84.2 cm³/mol. The van der Waals surface area contributed by atoms with E-state index >= 15 is 0 Å². The maximum atomic E-state index is 14.0. The molecule has 0 radical (unpaired) electrons. The average Bonchev–Trinajstić information content (AvgIpc) is 2.48. The third-order valence-corrected chi connectivity index (χ3v) is 4.20. The summed E-state index contributed by atoms with van der Waals surface area (Å²) in [5, 5.41) is 3.41.